The lowest BCUT2D eigenvalue weighted by Crippen LogP contribution is -2.41. The molecule has 6 nitrogen and oxygen atoms in total. The van der Waals surface area contributed by atoms with Gasteiger partial charge in [-0.2, -0.15) is 5.10 Å². The van der Waals surface area contributed by atoms with Crippen molar-refractivity contribution in [2.24, 2.45) is 5.92 Å². The molecular weight excluding hydrogens is 340 g/mol. The lowest BCUT2D eigenvalue weighted by Gasteiger charge is -2.38. The van der Waals surface area contributed by atoms with Gasteiger partial charge in [-0.3, -0.25) is 14.5 Å². The number of carbonyl (C=O) groups is 1. The zero-order valence-electron chi connectivity index (χ0n) is 15.4. The van der Waals surface area contributed by atoms with Crippen LogP contribution < -0.4 is 5.32 Å². The molecule has 1 fully saturated rings. The Morgan fingerprint density at radius 3 is 2.89 bits per heavy atom. The van der Waals surface area contributed by atoms with Gasteiger partial charge in [0.25, 0.3) is 0 Å². The fourth-order valence-corrected chi connectivity index (χ4v) is 3.72. The first-order valence-corrected chi connectivity index (χ1v) is 9.40. The Kier molecular flexibility index (Phi) is 4.90. The van der Waals surface area contributed by atoms with Gasteiger partial charge in [-0.25, -0.2) is 0 Å². The van der Waals surface area contributed by atoms with Crippen LogP contribution in [0.25, 0.3) is 10.9 Å². The molecule has 0 bridgehead atoms. The van der Waals surface area contributed by atoms with Crippen LogP contribution in [0.2, 0.25) is 0 Å². The number of hydrogen-bond donors (Lipinski definition) is 2. The molecule has 1 amide bonds. The molecule has 0 aliphatic heterocycles. The Balaban J connectivity index is 1.50. The maximum atomic E-state index is 12.6. The number of rotatable bonds is 6. The molecule has 2 aromatic heterocycles. The molecule has 0 spiro atoms. The lowest BCUT2D eigenvalue weighted by molar-refractivity contribution is -0.123. The summed E-state index contributed by atoms with van der Waals surface area (Å²) in [5.74, 6) is 0.225. The molecule has 1 aliphatic rings. The van der Waals surface area contributed by atoms with Crippen LogP contribution in [0.15, 0.2) is 48.8 Å². The quantitative estimate of drug-likeness (QED) is 0.705. The molecular formula is C21H24N4O2. The van der Waals surface area contributed by atoms with Gasteiger partial charge in [0.15, 0.2) is 0 Å². The third-order valence-corrected chi connectivity index (χ3v) is 5.39. The minimum absolute atomic E-state index is 0.00977. The summed E-state index contributed by atoms with van der Waals surface area (Å²) >= 11 is 0. The van der Waals surface area contributed by atoms with Crippen LogP contribution in [0.1, 0.15) is 36.6 Å². The largest absolute Gasteiger partial charge is 0.393 e. The van der Waals surface area contributed by atoms with Gasteiger partial charge in [-0.1, -0.05) is 18.2 Å². The summed E-state index contributed by atoms with van der Waals surface area (Å²) in [5.41, 5.74) is 2.98. The SMILES string of the molecule is Cc1ccnn1CCC(=O)N[C@@H](c1cnc2ccccc2c1)C1CC(O)C1. The van der Waals surface area contributed by atoms with Gasteiger partial charge in [0.1, 0.15) is 0 Å². The van der Waals surface area contributed by atoms with Crippen molar-refractivity contribution in [1.82, 2.24) is 20.1 Å². The van der Waals surface area contributed by atoms with Crippen LogP contribution in [0.4, 0.5) is 0 Å². The summed E-state index contributed by atoms with van der Waals surface area (Å²) in [6.07, 6.45) is 5.10. The minimum Gasteiger partial charge on any atom is -0.393 e. The van der Waals surface area contributed by atoms with E-state index in [1.807, 2.05) is 48.1 Å². The van der Waals surface area contributed by atoms with Gasteiger partial charge in [0.05, 0.1) is 17.7 Å². The van der Waals surface area contributed by atoms with E-state index >= 15 is 0 Å². The standard InChI is InChI=1S/C21H24N4O2/c1-14-6-8-23-25(14)9-7-20(27)24-21(16-11-18(26)12-16)17-10-15-4-2-3-5-19(15)22-13-17/h2-6,8,10,13,16,18,21,26H,7,9,11-12H2,1H3,(H,24,27)/t16?,18?,21-/m1/s1. The highest BCUT2D eigenvalue weighted by atomic mass is 16.3. The highest BCUT2D eigenvalue weighted by Gasteiger charge is 2.35. The highest BCUT2D eigenvalue weighted by molar-refractivity contribution is 5.80. The lowest BCUT2D eigenvalue weighted by atomic mass is 9.75. The number of aromatic nitrogens is 3. The molecule has 3 aromatic rings. The summed E-state index contributed by atoms with van der Waals surface area (Å²) in [6, 6.07) is 11.9. The topological polar surface area (TPSA) is 80.0 Å². The Labute approximate surface area is 158 Å². The minimum atomic E-state index is -0.269. The van der Waals surface area contributed by atoms with Crippen molar-refractivity contribution in [3.63, 3.8) is 0 Å². The molecule has 2 N–H and O–H groups in total. The number of hydrogen-bond acceptors (Lipinski definition) is 4. The third kappa shape index (κ3) is 3.85. The smallest absolute Gasteiger partial charge is 0.222 e. The summed E-state index contributed by atoms with van der Waals surface area (Å²) in [5, 5.41) is 18.2. The van der Waals surface area contributed by atoms with E-state index in [0.29, 0.717) is 25.8 Å². The van der Waals surface area contributed by atoms with Crippen molar-refractivity contribution in [2.45, 2.75) is 44.9 Å². The van der Waals surface area contributed by atoms with Crippen LogP contribution in [0.5, 0.6) is 0 Å². The first-order valence-electron chi connectivity index (χ1n) is 9.40. The predicted molar refractivity (Wildman–Crippen MR) is 103 cm³/mol. The molecule has 1 aliphatic carbocycles. The number of benzene rings is 1. The molecule has 4 rings (SSSR count). The van der Waals surface area contributed by atoms with E-state index in [9.17, 15) is 9.90 Å². The fourth-order valence-electron chi connectivity index (χ4n) is 3.72. The third-order valence-electron chi connectivity index (χ3n) is 5.39. The van der Waals surface area contributed by atoms with Crippen molar-refractivity contribution in [3.8, 4) is 0 Å². The van der Waals surface area contributed by atoms with Crippen LogP contribution in [0, 0.1) is 12.8 Å². The van der Waals surface area contributed by atoms with Gasteiger partial charge >= 0.3 is 0 Å². The number of aliphatic hydroxyl groups excluding tert-OH is 1. The van der Waals surface area contributed by atoms with E-state index in [1.165, 1.54) is 0 Å². The second kappa shape index (κ2) is 7.48. The number of aliphatic hydroxyl groups is 1. The Morgan fingerprint density at radius 1 is 1.33 bits per heavy atom. The molecule has 0 saturated heterocycles. The zero-order chi connectivity index (χ0) is 18.8. The number of carbonyl (C=O) groups excluding carboxylic acids is 1. The summed E-state index contributed by atoms with van der Waals surface area (Å²) in [6.45, 7) is 2.53. The van der Waals surface area contributed by atoms with E-state index in [4.69, 9.17) is 0 Å². The fraction of sp³-hybridized carbons (Fsp3) is 0.381. The zero-order valence-corrected chi connectivity index (χ0v) is 15.4. The van der Waals surface area contributed by atoms with E-state index in [-0.39, 0.29) is 24.0 Å². The van der Waals surface area contributed by atoms with Gasteiger partial charge in [-0.15, -0.1) is 0 Å². The average Bonchev–Trinajstić information content (AvgIpc) is 3.06. The number of pyridine rings is 1. The normalized spacial score (nSPS) is 20.2. The Bertz CT molecular complexity index is 946. The molecule has 0 radical (unpaired) electrons. The average molecular weight is 364 g/mol. The van der Waals surface area contributed by atoms with E-state index in [2.05, 4.69) is 21.5 Å². The second-order valence-corrected chi connectivity index (χ2v) is 7.34. The predicted octanol–water partition coefficient (Wildman–Crippen LogP) is 2.76. The maximum absolute atomic E-state index is 12.6. The van der Waals surface area contributed by atoms with E-state index in [1.54, 1.807) is 6.20 Å². The number of amides is 1. The van der Waals surface area contributed by atoms with Crippen LogP contribution in [-0.2, 0) is 11.3 Å². The number of nitrogens with one attached hydrogen (secondary N) is 1. The highest BCUT2D eigenvalue weighted by Crippen LogP contribution is 2.38. The molecule has 6 heteroatoms. The summed E-state index contributed by atoms with van der Waals surface area (Å²) < 4.78 is 1.83. The first kappa shape index (κ1) is 17.7. The van der Waals surface area contributed by atoms with E-state index in [0.717, 1.165) is 22.2 Å². The summed E-state index contributed by atoms with van der Waals surface area (Å²) in [4.78, 5) is 17.1. The van der Waals surface area contributed by atoms with Crippen LogP contribution in [-0.4, -0.2) is 31.9 Å². The van der Waals surface area contributed by atoms with Gasteiger partial charge < -0.3 is 10.4 Å². The Morgan fingerprint density at radius 2 is 2.15 bits per heavy atom. The molecule has 2 heterocycles. The van der Waals surface area contributed by atoms with Gasteiger partial charge in [-0.05, 0) is 49.4 Å². The van der Waals surface area contributed by atoms with Crippen LogP contribution in [0.3, 0.4) is 0 Å². The van der Waals surface area contributed by atoms with Crippen molar-refractivity contribution in [1.29, 1.82) is 0 Å². The van der Waals surface area contributed by atoms with E-state index < -0.39 is 0 Å². The van der Waals surface area contributed by atoms with Gasteiger partial charge in [0, 0.05) is 36.4 Å². The maximum Gasteiger partial charge on any atom is 0.222 e. The van der Waals surface area contributed by atoms with Gasteiger partial charge in [0.2, 0.25) is 5.91 Å². The van der Waals surface area contributed by atoms with Crippen molar-refractivity contribution in [3.05, 3.63) is 60.0 Å². The first-order chi connectivity index (χ1) is 13.1. The second-order valence-electron chi connectivity index (χ2n) is 7.34. The van der Waals surface area contributed by atoms with Crippen molar-refractivity contribution < 1.29 is 9.90 Å². The molecule has 27 heavy (non-hydrogen) atoms. The molecule has 1 atom stereocenters. The van der Waals surface area contributed by atoms with Crippen molar-refractivity contribution >= 4 is 16.8 Å². The number of fused-ring (bicyclic) bond motifs is 1. The molecule has 140 valence electrons. The molecule has 0 unspecified atom stereocenters. The molecule has 1 aromatic carbocycles. The van der Waals surface area contributed by atoms with Crippen molar-refractivity contribution in [2.75, 3.05) is 0 Å². The number of aryl methyl sites for hydroxylation is 2. The summed E-state index contributed by atoms with van der Waals surface area (Å²) in [7, 11) is 0. The Hall–Kier alpha value is -2.73. The number of para-hydroxylation sites is 1. The number of nitrogens with zero attached hydrogens (tertiary/aromatic N) is 3. The molecule has 1 saturated carbocycles. The van der Waals surface area contributed by atoms with Crippen LogP contribution >= 0.6 is 0 Å². The monoisotopic (exact) mass is 364 g/mol.